The summed E-state index contributed by atoms with van der Waals surface area (Å²) in [4.78, 5) is 16.6. The first-order valence-electron chi connectivity index (χ1n) is 7.43. The summed E-state index contributed by atoms with van der Waals surface area (Å²) in [5.74, 6) is 0.513. The Labute approximate surface area is 139 Å². The van der Waals surface area contributed by atoms with E-state index in [9.17, 15) is 4.79 Å². The summed E-state index contributed by atoms with van der Waals surface area (Å²) in [6.45, 7) is 3.72. The van der Waals surface area contributed by atoms with Crippen LogP contribution in [-0.2, 0) is 4.79 Å². The third-order valence-corrected chi connectivity index (χ3v) is 4.61. The van der Waals surface area contributed by atoms with E-state index in [0.29, 0.717) is 11.4 Å². The van der Waals surface area contributed by atoms with Crippen LogP contribution in [0.4, 0.5) is 5.69 Å². The molecular formula is C18H18N2O2S. The van der Waals surface area contributed by atoms with E-state index in [4.69, 9.17) is 4.74 Å². The number of carbonyl (C=O) groups is 1. The molecule has 0 bridgehead atoms. The van der Waals surface area contributed by atoms with Gasteiger partial charge in [-0.1, -0.05) is 26.0 Å². The second-order valence-corrected chi connectivity index (χ2v) is 6.58. The molecule has 0 spiro atoms. The van der Waals surface area contributed by atoms with Gasteiger partial charge in [0.25, 0.3) is 0 Å². The Hall–Kier alpha value is -2.40. The van der Waals surface area contributed by atoms with E-state index < -0.39 is 0 Å². The standard InChI is InChI=1S/C18H18N2O2S/c1-11(2)17(21)19-14-10-12(8-9-15(14)22-3)18-20-13-6-4-5-7-16(13)23-18/h4-11H,1-3H3,(H,19,21). The van der Waals surface area contributed by atoms with Crippen molar-refractivity contribution in [2.24, 2.45) is 5.92 Å². The zero-order valence-corrected chi connectivity index (χ0v) is 14.1. The molecule has 0 aliphatic rings. The molecule has 3 aromatic rings. The molecule has 4 nitrogen and oxygen atoms in total. The number of carbonyl (C=O) groups excluding carboxylic acids is 1. The number of methoxy groups -OCH3 is 1. The van der Waals surface area contributed by atoms with Crippen LogP contribution in [0.5, 0.6) is 5.75 Å². The zero-order chi connectivity index (χ0) is 16.4. The monoisotopic (exact) mass is 326 g/mol. The molecule has 0 atom stereocenters. The van der Waals surface area contributed by atoms with Gasteiger partial charge < -0.3 is 10.1 Å². The number of nitrogens with one attached hydrogen (secondary N) is 1. The SMILES string of the molecule is COc1ccc(-c2nc3ccccc3s2)cc1NC(=O)C(C)C. The van der Waals surface area contributed by atoms with Crippen molar-refractivity contribution in [2.45, 2.75) is 13.8 Å². The average Bonchev–Trinajstić information content (AvgIpc) is 2.98. The summed E-state index contributed by atoms with van der Waals surface area (Å²) in [5, 5.41) is 3.84. The van der Waals surface area contributed by atoms with Gasteiger partial charge in [-0.15, -0.1) is 11.3 Å². The molecular weight excluding hydrogens is 308 g/mol. The van der Waals surface area contributed by atoms with E-state index in [0.717, 1.165) is 20.8 Å². The van der Waals surface area contributed by atoms with Gasteiger partial charge in [-0.25, -0.2) is 4.98 Å². The van der Waals surface area contributed by atoms with Crippen molar-refractivity contribution in [1.82, 2.24) is 4.98 Å². The van der Waals surface area contributed by atoms with Crippen LogP contribution in [0.25, 0.3) is 20.8 Å². The first-order valence-corrected chi connectivity index (χ1v) is 8.25. The first-order chi connectivity index (χ1) is 11.1. The molecule has 118 valence electrons. The molecule has 1 aromatic heterocycles. The van der Waals surface area contributed by atoms with Gasteiger partial charge in [0.15, 0.2) is 0 Å². The minimum Gasteiger partial charge on any atom is -0.495 e. The van der Waals surface area contributed by atoms with Crippen LogP contribution in [-0.4, -0.2) is 18.0 Å². The number of nitrogens with zero attached hydrogens (tertiary/aromatic N) is 1. The minimum absolute atomic E-state index is 0.0373. The number of hydrogen-bond donors (Lipinski definition) is 1. The van der Waals surface area contributed by atoms with Crippen LogP contribution in [0.3, 0.4) is 0 Å². The largest absolute Gasteiger partial charge is 0.495 e. The summed E-state index contributed by atoms with van der Waals surface area (Å²) in [7, 11) is 1.59. The third kappa shape index (κ3) is 3.19. The van der Waals surface area contributed by atoms with Gasteiger partial charge in [0.1, 0.15) is 10.8 Å². The molecule has 2 aromatic carbocycles. The molecule has 5 heteroatoms. The molecule has 3 rings (SSSR count). The zero-order valence-electron chi connectivity index (χ0n) is 13.3. The summed E-state index contributed by atoms with van der Waals surface area (Å²) in [5.41, 5.74) is 2.62. The lowest BCUT2D eigenvalue weighted by molar-refractivity contribution is -0.118. The third-order valence-electron chi connectivity index (χ3n) is 3.52. The lowest BCUT2D eigenvalue weighted by Gasteiger charge is -2.12. The summed E-state index contributed by atoms with van der Waals surface area (Å²) in [6.07, 6.45) is 0. The topological polar surface area (TPSA) is 51.2 Å². The van der Waals surface area contributed by atoms with E-state index in [1.54, 1.807) is 18.4 Å². The van der Waals surface area contributed by atoms with Crippen LogP contribution < -0.4 is 10.1 Å². The Bertz CT molecular complexity index is 822. The second-order valence-electron chi connectivity index (χ2n) is 5.55. The van der Waals surface area contributed by atoms with Crippen molar-refractivity contribution in [2.75, 3.05) is 12.4 Å². The van der Waals surface area contributed by atoms with Crippen LogP contribution in [0.1, 0.15) is 13.8 Å². The fourth-order valence-electron chi connectivity index (χ4n) is 2.21. The first kappa shape index (κ1) is 15.5. The van der Waals surface area contributed by atoms with E-state index >= 15 is 0 Å². The molecule has 0 saturated heterocycles. The molecule has 1 N–H and O–H groups in total. The van der Waals surface area contributed by atoms with Gasteiger partial charge in [0, 0.05) is 11.5 Å². The number of thiazole rings is 1. The van der Waals surface area contributed by atoms with Crippen molar-refractivity contribution in [1.29, 1.82) is 0 Å². The highest BCUT2D eigenvalue weighted by Crippen LogP contribution is 2.34. The number of hydrogen-bond acceptors (Lipinski definition) is 4. The average molecular weight is 326 g/mol. The predicted molar refractivity (Wildman–Crippen MR) is 95.1 cm³/mol. The molecule has 1 heterocycles. The maximum Gasteiger partial charge on any atom is 0.227 e. The number of para-hydroxylation sites is 1. The summed E-state index contributed by atoms with van der Waals surface area (Å²) in [6, 6.07) is 13.8. The van der Waals surface area contributed by atoms with Crippen LogP contribution >= 0.6 is 11.3 Å². The number of rotatable bonds is 4. The Morgan fingerprint density at radius 1 is 1.22 bits per heavy atom. The Balaban J connectivity index is 2.01. The number of benzene rings is 2. The molecule has 0 aliphatic heterocycles. The predicted octanol–water partition coefficient (Wildman–Crippen LogP) is 4.57. The summed E-state index contributed by atoms with van der Waals surface area (Å²) >= 11 is 1.63. The van der Waals surface area contributed by atoms with Gasteiger partial charge in [0.2, 0.25) is 5.91 Å². The minimum atomic E-state index is -0.0918. The van der Waals surface area contributed by atoms with E-state index in [1.807, 2.05) is 50.2 Å². The van der Waals surface area contributed by atoms with Gasteiger partial charge >= 0.3 is 0 Å². The maximum atomic E-state index is 12.0. The normalized spacial score (nSPS) is 11.0. The van der Waals surface area contributed by atoms with Crippen molar-refractivity contribution < 1.29 is 9.53 Å². The van der Waals surface area contributed by atoms with Gasteiger partial charge in [0.05, 0.1) is 23.0 Å². The molecule has 0 radical (unpaired) electrons. The van der Waals surface area contributed by atoms with E-state index in [2.05, 4.69) is 16.4 Å². The molecule has 0 saturated carbocycles. The fourth-order valence-corrected chi connectivity index (χ4v) is 3.17. The highest BCUT2D eigenvalue weighted by Gasteiger charge is 2.13. The second kappa shape index (κ2) is 6.38. The number of anilines is 1. The lowest BCUT2D eigenvalue weighted by atomic mass is 10.1. The van der Waals surface area contributed by atoms with Crippen molar-refractivity contribution in [3.05, 3.63) is 42.5 Å². The molecule has 23 heavy (non-hydrogen) atoms. The Kier molecular flexibility index (Phi) is 4.30. The summed E-state index contributed by atoms with van der Waals surface area (Å²) < 4.78 is 6.49. The number of aromatic nitrogens is 1. The molecule has 0 aliphatic carbocycles. The van der Waals surface area contributed by atoms with Crippen LogP contribution in [0.15, 0.2) is 42.5 Å². The van der Waals surface area contributed by atoms with E-state index in [1.165, 1.54) is 0 Å². The fraction of sp³-hybridized carbons (Fsp3) is 0.222. The van der Waals surface area contributed by atoms with Crippen molar-refractivity contribution in [3.63, 3.8) is 0 Å². The number of ether oxygens (including phenoxy) is 1. The van der Waals surface area contributed by atoms with Gasteiger partial charge in [-0.3, -0.25) is 4.79 Å². The van der Waals surface area contributed by atoms with Gasteiger partial charge in [-0.2, -0.15) is 0 Å². The smallest absolute Gasteiger partial charge is 0.227 e. The van der Waals surface area contributed by atoms with Crippen molar-refractivity contribution >= 4 is 33.1 Å². The van der Waals surface area contributed by atoms with Crippen LogP contribution in [0, 0.1) is 5.92 Å². The highest BCUT2D eigenvalue weighted by molar-refractivity contribution is 7.21. The Morgan fingerprint density at radius 3 is 2.70 bits per heavy atom. The van der Waals surface area contributed by atoms with Crippen LogP contribution in [0.2, 0.25) is 0 Å². The molecule has 0 unspecified atom stereocenters. The molecule has 0 fully saturated rings. The highest BCUT2D eigenvalue weighted by atomic mass is 32.1. The maximum absolute atomic E-state index is 12.0. The molecule has 1 amide bonds. The van der Waals surface area contributed by atoms with Gasteiger partial charge in [-0.05, 0) is 30.3 Å². The quantitative estimate of drug-likeness (QED) is 0.764. The number of amides is 1. The Morgan fingerprint density at radius 2 is 2.00 bits per heavy atom. The number of fused-ring (bicyclic) bond motifs is 1. The lowest BCUT2D eigenvalue weighted by Crippen LogP contribution is -2.18. The van der Waals surface area contributed by atoms with E-state index in [-0.39, 0.29) is 11.8 Å². The van der Waals surface area contributed by atoms with Crippen molar-refractivity contribution in [3.8, 4) is 16.3 Å².